The Morgan fingerprint density at radius 2 is 1.73 bits per heavy atom. The molecular formula is C16H27N3O7. The molecule has 0 atom stereocenters. The van der Waals surface area contributed by atoms with Crippen LogP contribution in [0.15, 0.2) is 5.16 Å². The van der Waals surface area contributed by atoms with Gasteiger partial charge in [0.15, 0.2) is 0 Å². The molecule has 2 aliphatic rings. The van der Waals surface area contributed by atoms with Gasteiger partial charge in [0.1, 0.15) is 12.7 Å². The van der Waals surface area contributed by atoms with E-state index in [0.29, 0.717) is 13.1 Å². The van der Waals surface area contributed by atoms with Crippen molar-refractivity contribution in [3.8, 4) is 0 Å². The van der Waals surface area contributed by atoms with E-state index in [4.69, 9.17) is 19.8 Å². The third kappa shape index (κ3) is 6.51. The maximum absolute atomic E-state index is 11.9. The van der Waals surface area contributed by atoms with Crippen LogP contribution in [-0.2, 0) is 19.2 Å². The number of hydrogen-bond donors (Lipinski definition) is 3. The molecule has 1 amide bonds. The van der Waals surface area contributed by atoms with Gasteiger partial charge in [-0.1, -0.05) is 5.16 Å². The average Bonchev–Trinajstić information content (AvgIpc) is 2.86. The first-order valence-electron chi connectivity index (χ1n) is 8.22. The number of carboxylic acids is 2. The monoisotopic (exact) mass is 373 g/mol. The molecule has 10 nitrogen and oxygen atoms in total. The van der Waals surface area contributed by atoms with E-state index in [1.165, 1.54) is 0 Å². The molecule has 0 unspecified atom stereocenters. The fraction of sp³-hybridized carbons (Fsp3) is 0.750. The van der Waals surface area contributed by atoms with Gasteiger partial charge in [0.2, 0.25) is 0 Å². The molecular weight excluding hydrogens is 346 g/mol. The number of carbonyl (C=O) groups is 3. The average molecular weight is 373 g/mol. The van der Waals surface area contributed by atoms with E-state index in [9.17, 15) is 14.4 Å². The van der Waals surface area contributed by atoms with Crippen molar-refractivity contribution in [2.24, 2.45) is 10.6 Å². The minimum Gasteiger partial charge on any atom is -0.481 e. The molecule has 2 heterocycles. The van der Waals surface area contributed by atoms with E-state index in [1.807, 2.05) is 20.8 Å². The van der Waals surface area contributed by atoms with E-state index < -0.39 is 17.5 Å². The quantitative estimate of drug-likeness (QED) is 0.614. The van der Waals surface area contributed by atoms with Gasteiger partial charge in [0, 0.05) is 26.2 Å². The van der Waals surface area contributed by atoms with Crippen LogP contribution in [-0.4, -0.2) is 77.7 Å². The summed E-state index contributed by atoms with van der Waals surface area (Å²) < 4.78 is 5.34. The molecule has 2 aliphatic heterocycles. The summed E-state index contributed by atoms with van der Waals surface area (Å²) in [5, 5.41) is 23.1. The molecule has 26 heavy (non-hydrogen) atoms. The third-order valence-electron chi connectivity index (χ3n) is 3.76. The van der Waals surface area contributed by atoms with Gasteiger partial charge in [-0.05, 0) is 20.8 Å². The van der Waals surface area contributed by atoms with Crippen molar-refractivity contribution < 1.29 is 34.2 Å². The predicted octanol–water partition coefficient (Wildman–Crippen LogP) is 0.765. The van der Waals surface area contributed by atoms with Crippen LogP contribution < -0.4 is 5.32 Å². The van der Waals surface area contributed by atoms with Crippen LogP contribution in [0.5, 0.6) is 0 Å². The van der Waals surface area contributed by atoms with Crippen LogP contribution in [0.2, 0.25) is 0 Å². The van der Waals surface area contributed by atoms with Crippen molar-refractivity contribution in [1.82, 2.24) is 10.2 Å². The van der Waals surface area contributed by atoms with Crippen LogP contribution in [0, 0.1) is 5.41 Å². The molecule has 0 aromatic rings. The lowest BCUT2D eigenvalue weighted by Crippen LogP contribution is -2.63. The van der Waals surface area contributed by atoms with Gasteiger partial charge < -0.3 is 30.0 Å². The summed E-state index contributed by atoms with van der Waals surface area (Å²) in [6.45, 7) is 8.48. The van der Waals surface area contributed by atoms with Crippen LogP contribution in [0.25, 0.3) is 0 Å². The van der Waals surface area contributed by atoms with E-state index in [0.717, 1.165) is 18.8 Å². The van der Waals surface area contributed by atoms with Gasteiger partial charge in [0.25, 0.3) is 0 Å². The zero-order valence-electron chi connectivity index (χ0n) is 15.6. The maximum atomic E-state index is 11.9. The third-order valence-corrected chi connectivity index (χ3v) is 3.76. The summed E-state index contributed by atoms with van der Waals surface area (Å²) in [5.74, 6) is -2.15. The van der Waals surface area contributed by atoms with Gasteiger partial charge in [-0.3, -0.25) is 9.59 Å². The number of aliphatic carboxylic acids is 2. The number of oxime groups is 1. The van der Waals surface area contributed by atoms with Crippen molar-refractivity contribution in [1.29, 1.82) is 0 Å². The predicted molar refractivity (Wildman–Crippen MR) is 92.1 cm³/mol. The summed E-state index contributed by atoms with van der Waals surface area (Å²) >= 11 is 0. The first-order valence-corrected chi connectivity index (χ1v) is 8.22. The lowest BCUT2D eigenvalue weighted by Gasteiger charge is -2.47. The topological polar surface area (TPSA) is 138 Å². The molecule has 0 aromatic carbocycles. The van der Waals surface area contributed by atoms with Gasteiger partial charge >= 0.3 is 18.0 Å². The van der Waals surface area contributed by atoms with Crippen molar-refractivity contribution in [2.45, 2.75) is 39.2 Å². The molecule has 2 rings (SSSR count). The molecule has 0 radical (unpaired) electrons. The number of carbonyl (C=O) groups excluding carboxylic acids is 1. The summed E-state index contributed by atoms with van der Waals surface area (Å²) in [5.41, 5.74) is 0.495. The fourth-order valence-corrected chi connectivity index (χ4v) is 2.60. The lowest BCUT2D eigenvalue weighted by atomic mass is 9.78. The molecule has 1 spiro atoms. The van der Waals surface area contributed by atoms with E-state index in [2.05, 4.69) is 10.5 Å². The molecule has 0 saturated carbocycles. The number of hydrogen-bond acceptors (Lipinski definition) is 7. The Labute approximate surface area is 152 Å². The van der Waals surface area contributed by atoms with Crippen LogP contribution in [0.1, 0.15) is 33.6 Å². The van der Waals surface area contributed by atoms with Gasteiger partial charge in [0.05, 0.1) is 24.0 Å². The summed E-state index contributed by atoms with van der Waals surface area (Å²) in [7, 11) is 1.54. The largest absolute Gasteiger partial charge is 0.481 e. The molecule has 3 N–H and O–H groups in total. The normalized spacial score (nSPS) is 19.4. The fourth-order valence-electron chi connectivity index (χ4n) is 2.60. The Morgan fingerprint density at radius 1 is 1.19 bits per heavy atom. The number of nitrogens with zero attached hydrogens (tertiary/aromatic N) is 2. The van der Waals surface area contributed by atoms with Crippen molar-refractivity contribution in [2.75, 3.05) is 33.3 Å². The Hall–Kier alpha value is -2.36. The Kier molecular flexibility index (Phi) is 7.37. The maximum Gasteiger partial charge on any atom is 0.410 e. The molecule has 2 saturated heterocycles. The van der Waals surface area contributed by atoms with Gasteiger partial charge in [-0.15, -0.1) is 0 Å². The van der Waals surface area contributed by atoms with Gasteiger partial charge in [-0.25, -0.2) is 4.79 Å². The smallest absolute Gasteiger partial charge is 0.410 e. The molecule has 148 valence electrons. The highest BCUT2D eigenvalue weighted by atomic mass is 16.6. The molecule has 0 aliphatic carbocycles. The number of carboxylic acid groups (broad SMARTS) is 2. The minimum atomic E-state index is -1.08. The lowest BCUT2D eigenvalue weighted by molar-refractivity contribution is -0.143. The first kappa shape index (κ1) is 21.7. The van der Waals surface area contributed by atoms with Crippen molar-refractivity contribution in [3.63, 3.8) is 0 Å². The minimum absolute atomic E-state index is 0.0487. The van der Waals surface area contributed by atoms with Crippen molar-refractivity contribution in [3.05, 3.63) is 0 Å². The molecule has 0 aromatic heterocycles. The number of ether oxygens (including phenoxy) is 1. The van der Waals surface area contributed by atoms with Gasteiger partial charge in [-0.2, -0.15) is 0 Å². The SMILES string of the molecule is CON=C1CNCC12CN(C(=O)OC(C)(C)C)C2.O=C(O)CCC(=O)O. The number of likely N-dealkylation sites (tertiary alicyclic amines) is 1. The van der Waals surface area contributed by atoms with Crippen LogP contribution >= 0.6 is 0 Å². The summed E-state index contributed by atoms with van der Waals surface area (Å²) in [4.78, 5) is 37.7. The highest BCUT2D eigenvalue weighted by molar-refractivity contribution is 5.96. The second kappa shape index (κ2) is 8.84. The summed E-state index contributed by atoms with van der Waals surface area (Å²) in [6.07, 6.45) is -0.846. The zero-order chi connectivity index (χ0) is 20.0. The van der Waals surface area contributed by atoms with Crippen LogP contribution in [0.3, 0.4) is 0 Å². The number of nitrogens with one attached hydrogen (secondary N) is 1. The summed E-state index contributed by atoms with van der Waals surface area (Å²) in [6, 6.07) is 0. The zero-order valence-corrected chi connectivity index (χ0v) is 15.6. The number of amides is 1. The molecule has 10 heteroatoms. The Balaban J connectivity index is 0.000000359. The Morgan fingerprint density at radius 3 is 2.15 bits per heavy atom. The molecule has 0 bridgehead atoms. The van der Waals surface area contributed by atoms with Crippen molar-refractivity contribution >= 4 is 23.7 Å². The van der Waals surface area contributed by atoms with E-state index in [1.54, 1.807) is 12.0 Å². The second-order valence-corrected chi connectivity index (χ2v) is 7.23. The Bertz CT molecular complexity index is 549. The van der Waals surface area contributed by atoms with E-state index >= 15 is 0 Å². The van der Waals surface area contributed by atoms with E-state index in [-0.39, 0.29) is 24.3 Å². The molecule has 2 fully saturated rings. The first-order chi connectivity index (χ1) is 12.0. The number of rotatable bonds is 4. The second-order valence-electron chi connectivity index (χ2n) is 7.23. The van der Waals surface area contributed by atoms with Crippen LogP contribution in [0.4, 0.5) is 4.79 Å². The standard InChI is InChI=1S/C12H21N3O3.C4H6O4/c1-11(2,3)18-10(16)15-7-12(8-15)6-13-5-9(12)14-17-4;5-3(6)1-2-4(7)8/h13H,5-8H2,1-4H3;1-2H2,(H,5,6)(H,7,8). The highest BCUT2D eigenvalue weighted by Gasteiger charge is 2.52. The highest BCUT2D eigenvalue weighted by Crippen LogP contribution is 2.35.